The second kappa shape index (κ2) is 3.17. The number of carbonyl (C=O) groups excluding carboxylic acids is 1. The van der Waals surface area contributed by atoms with E-state index in [0.29, 0.717) is 0 Å². The second-order valence-electron chi connectivity index (χ2n) is 2.05. The lowest BCUT2D eigenvalue weighted by Gasteiger charge is -1.91. The summed E-state index contributed by atoms with van der Waals surface area (Å²) in [5.74, 6) is -1.23. The van der Waals surface area contributed by atoms with Gasteiger partial charge in [-0.05, 0) is 12.1 Å². The number of rotatable bonds is 2. The van der Waals surface area contributed by atoms with E-state index in [4.69, 9.17) is 0 Å². The highest BCUT2D eigenvalue weighted by Gasteiger charge is 2.20. The predicted molar refractivity (Wildman–Crippen MR) is 38.3 cm³/mol. The zero-order valence-electron chi connectivity index (χ0n) is 6.48. The van der Waals surface area contributed by atoms with Gasteiger partial charge in [0.25, 0.3) is 5.09 Å². The minimum Gasteiger partial charge on any atom is -0.463 e. The molecule has 1 aromatic rings. The molecule has 0 unspecified atom stereocenters. The van der Waals surface area contributed by atoms with Crippen LogP contribution in [0.25, 0.3) is 0 Å². The summed E-state index contributed by atoms with van der Waals surface area (Å²) in [5.41, 5.74) is 0. The number of carbonyl (C=O) groups is 1. The second-order valence-corrected chi connectivity index (χ2v) is 3.33. The summed E-state index contributed by atoms with van der Waals surface area (Å²) in [6, 6.07) is 1.85. The SMILES string of the molecule is COC(=O)c1ccc(S(=O)(=O)F)o1. The molecule has 72 valence electrons. The van der Waals surface area contributed by atoms with Crippen LogP contribution in [0.15, 0.2) is 21.6 Å². The van der Waals surface area contributed by atoms with Crippen molar-refractivity contribution in [1.82, 2.24) is 0 Å². The molecule has 0 aliphatic carbocycles. The summed E-state index contributed by atoms with van der Waals surface area (Å²) in [6.45, 7) is 0. The maximum Gasteiger partial charge on any atom is 0.374 e. The summed E-state index contributed by atoms with van der Waals surface area (Å²) in [6.07, 6.45) is 0. The van der Waals surface area contributed by atoms with Crippen LogP contribution in [0.4, 0.5) is 3.89 Å². The molecule has 0 saturated carbocycles. The largest absolute Gasteiger partial charge is 0.463 e. The predicted octanol–water partition coefficient (Wildman–Crippen LogP) is 0.724. The monoisotopic (exact) mass is 208 g/mol. The van der Waals surface area contributed by atoms with Crippen LogP contribution in [0.5, 0.6) is 0 Å². The van der Waals surface area contributed by atoms with Crippen molar-refractivity contribution in [3.05, 3.63) is 17.9 Å². The van der Waals surface area contributed by atoms with Crippen molar-refractivity contribution in [3.8, 4) is 0 Å². The van der Waals surface area contributed by atoms with Crippen LogP contribution >= 0.6 is 0 Å². The quantitative estimate of drug-likeness (QED) is 0.529. The van der Waals surface area contributed by atoms with Crippen molar-refractivity contribution < 1.29 is 26.3 Å². The summed E-state index contributed by atoms with van der Waals surface area (Å²) < 4.78 is 41.3. The Morgan fingerprint density at radius 1 is 1.54 bits per heavy atom. The highest BCUT2D eigenvalue weighted by Crippen LogP contribution is 2.16. The number of esters is 1. The molecule has 0 saturated heterocycles. The van der Waals surface area contributed by atoms with Gasteiger partial charge in [0.1, 0.15) is 0 Å². The van der Waals surface area contributed by atoms with Gasteiger partial charge < -0.3 is 9.15 Å². The number of hydrogen-bond acceptors (Lipinski definition) is 5. The maximum absolute atomic E-state index is 12.2. The standard InChI is InChI=1S/C6H5FO5S/c1-11-6(8)4-2-3-5(12-4)13(7,9)10/h2-3H,1H3. The van der Waals surface area contributed by atoms with E-state index in [1.165, 1.54) is 0 Å². The average molecular weight is 208 g/mol. The van der Waals surface area contributed by atoms with E-state index in [9.17, 15) is 17.1 Å². The van der Waals surface area contributed by atoms with Gasteiger partial charge >= 0.3 is 16.2 Å². The third-order valence-electron chi connectivity index (χ3n) is 1.21. The molecule has 0 atom stereocenters. The van der Waals surface area contributed by atoms with Gasteiger partial charge in [0.2, 0.25) is 5.76 Å². The zero-order valence-corrected chi connectivity index (χ0v) is 7.30. The molecule has 0 radical (unpaired) electrons. The first kappa shape index (κ1) is 9.72. The van der Waals surface area contributed by atoms with Gasteiger partial charge in [0, 0.05) is 0 Å². The van der Waals surface area contributed by atoms with Gasteiger partial charge in [-0.3, -0.25) is 0 Å². The van der Waals surface area contributed by atoms with Crippen LogP contribution in [0.3, 0.4) is 0 Å². The van der Waals surface area contributed by atoms with Crippen LogP contribution in [0.1, 0.15) is 10.6 Å². The number of hydrogen-bond donors (Lipinski definition) is 0. The molecule has 1 rings (SSSR count). The Labute approximate surface area is 73.3 Å². The van der Waals surface area contributed by atoms with Crippen LogP contribution in [0.2, 0.25) is 0 Å². The minimum atomic E-state index is -4.90. The first-order valence-electron chi connectivity index (χ1n) is 3.08. The van der Waals surface area contributed by atoms with Gasteiger partial charge in [0.15, 0.2) is 0 Å². The third kappa shape index (κ3) is 2.05. The molecule has 0 aromatic carbocycles. The summed E-state index contributed by atoms with van der Waals surface area (Å²) in [5, 5.41) is -0.909. The Bertz CT molecular complexity index is 418. The number of ether oxygens (including phenoxy) is 1. The van der Waals surface area contributed by atoms with E-state index < -0.39 is 21.3 Å². The van der Waals surface area contributed by atoms with Gasteiger partial charge in [-0.2, -0.15) is 8.42 Å². The molecule has 1 aromatic heterocycles. The van der Waals surface area contributed by atoms with E-state index in [-0.39, 0.29) is 5.76 Å². The summed E-state index contributed by atoms with van der Waals surface area (Å²) in [7, 11) is -3.81. The fourth-order valence-corrected chi connectivity index (χ4v) is 1.08. The normalized spacial score (nSPS) is 11.2. The maximum atomic E-state index is 12.2. The molecule has 1 heterocycles. The molecule has 5 nitrogen and oxygen atoms in total. The van der Waals surface area contributed by atoms with Crippen molar-refractivity contribution in [2.24, 2.45) is 0 Å². The molecule has 0 spiro atoms. The molecule has 0 bridgehead atoms. The van der Waals surface area contributed by atoms with Crippen LogP contribution < -0.4 is 0 Å². The zero-order chi connectivity index (χ0) is 10.1. The molecular formula is C6H5FO5S. The van der Waals surface area contributed by atoms with Gasteiger partial charge in [-0.15, -0.1) is 0 Å². The van der Waals surface area contributed by atoms with Crippen molar-refractivity contribution in [3.63, 3.8) is 0 Å². The third-order valence-corrected chi connectivity index (χ3v) is 1.91. The van der Waals surface area contributed by atoms with E-state index in [1.807, 2.05) is 0 Å². The molecule has 7 heteroatoms. The minimum absolute atomic E-state index is 0.362. The number of methoxy groups -OCH3 is 1. The van der Waals surface area contributed by atoms with Crippen molar-refractivity contribution in [2.45, 2.75) is 5.09 Å². The molecule has 0 aliphatic rings. The molecule has 0 aliphatic heterocycles. The smallest absolute Gasteiger partial charge is 0.374 e. The van der Waals surface area contributed by atoms with Crippen LogP contribution in [-0.2, 0) is 15.0 Å². The van der Waals surface area contributed by atoms with Crippen LogP contribution in [0, 0.1) is 0 Å². The van der Waals surface area contributed by atoms with Gasteiger partial charge in [-0.1, -0.05) is 3.89 Å². The Kier molecular flexibility index (Phi) is 2.37. The molecule has 0 amide bonds. The topological polar surface area (TPSA) is 73.6 Å². The van der Waals surface area contributed by atoms with Crippen molar-refractivity contribution >= 4 is 16.2 Å². The highest BCUT2D eigenvalue weighted by atomic mass is 32.3. The average Bonchev–Trinajstić information content (AvgIpc) is 2.50. The van der Waals surface area contributed by atoms with E-state index in [2.05, 4.69) is 9.15 Å². The Balaban J connectivity index is 3.07. The lowest BCUT2D eigenvalue weighted by molar-refractivity contribution is 0.0559. The number of furan rings is 1. The molecular weight excluding hydrogens is 203 g/mol. The fourth-order valence-electron chi connectivity index (χ4n) is 0.661. The first-order valence-corrected chi connectivity index (χ1v) is 4.46. The lowest BCUT2D eigenvalue weighted by Crippen LogP contribution is -1.98. The van der Waals surface area contributed by atoms with E-state index in [0.717, 1.165) is 19.2 Å². The summed E-state index contributed by atoms with van der Waals surface area (Å²) >= 11 is 0. The Morgan fingerprint density at radius 3 is 2.54 bits per heavy atom. The highest BCUT2D eigenvalue weighted by molar-refractivity contribution is 7.86. The molecule has 0 N–H and O–H groups in total. The van der Waals surface area contributed by atoms with Crippen LogP contribution in [-0.4, -0.2) is 21.5 Å². The Morgan fingerprint density at radius 2 is 2.15 bits per heavy atom. The van der Waals surface area contributed by atoms with Gasteiger partial charge in [-0.25, -0.2) is 4.79 Å². The summed E-state index contributed by atoms with van der Waals surface area (Å²) in [4.78, 5) is 10.7. The Hall–Kier alpha value is -1.37. The van der Waals surface area contributed by atoms with Gasteiger partial charge in [0.05, 0.1) is 7.11 Å². The number of halogens is 1. The lowest BCUT2D eigenvalue weighted by atomic mass is 10.5. The van der Waals surface area contributed by atoms with E-state index >= 15 is 0 Å². The van der Waals surface area contributed by atoms with Crippen molar-refractivity contribution in [1.29, 1.82) is 0 Å². The van der Waals surface area contributed by atoms with E-state index in [1.54, 1.807) is 0 Å². The molecule has 13 heavy (non-hydrogen) atoms. The van der Waals surface area contributed by atoms with Crippen molar-refractivity contribution in [2.75, 3.05) is 7.11 Å². The first-order chi connectivity index (χ1) is 5.95. The molecule has 0 fully saturated rings. The fraction of sp³-hybridized carbons (Fsp3) is 0.167.